The van der Waals surface area contributed by atoms with Crippen LogP contribution in [0.5, 0.6) is 0 Å². The van der Waals surface area contributed by atoms with Gasteiger partial charge in [-0.3, -0.25) is 9.69 Å². The molecule has 1 amide bonds. The van der Waals surface area contributed by atoms with Crippen LogP contribution in [-0.2, 0) is 11.3 Å². The molecule has 1 fully saturated rings. The van der Waals surface area contributed by atoms with Crippen molar-refractivity contribution in [1.29, 1.82) is 0 Å². The molecule has 0 saturated carbocycles. The second-order valence-electron chi connectivity index (χ2n) is 6.85. The lowest BCUT2D eigenvalue weighted by atomic mass is 9.99. The highest BCUT2D eigenvalue weighted by Crippen LogP contribution is 2.23. The van der Waals surface area contributed by atoms with Gasteiger partial charge in [0.25, 0.3) is 0 Å². The van der Waals surface area contributed by atoms with Gasteiger partial charge in [0.1, 0.15) is 0 Å². The fraction of sp³-hybridized carbons (Fsp3) is 0.381. The molecule has 3 rings (SSSR count). The molecule has 1 saturated heterocycles. The van der Waals surface area contributed by atoms with E-state index in [-0.39, 0.29) is 5.91 Å². The normalized spacial score (nSPS) is 16.0. The summed E-state index contributed by atoms with van der Waals surface area (Å²) in [6.07, 6.45) is 0.459. The van der Waals surface area contributed by atoms with E-state index in [9.17, 15) is 4.79 Å². The predicted molar refractivity (Wildman–Crippen MR) is 102 cm³/mol. The molecule has 1 heterocycles. The average Bonchev–Trinajstić information content (AvgIpc) is 2.62. The van der Waals surface area contributed by atoms with Gasteiger partial charge in [-0.1, -0.05) is 48.5 Å². The van der Waals surface area contributed by atoms with Gasteiger partial charge in [0.05, 0.1) is 0 Å². The van der Waals surface area contributed by atoms with E-state index in [4.69, 9.17) is 5.73 Å². The minimum Gasteiger partial charge on any atom is -0.370 e. The van der Waals surface area contributed by atoms with Crippen molar-refractivity contribution in [2.24, 2.45) is 5.73 Å². The molecule has 1 aliphatic rings. The minimum atomic E-state index is -0.212. The molecule has 0 radical (unpaired) electrons. The standard InChI is InChI=1S/C21H27N3O/c1-17-4-2-3-5-20(17)19-8-6-18(7-9-19)16-24-14-12-23(13-15-24)11-10-21(22)25/h2-9H,10-16H2,1H3,(H2,22,25). The number of hydrogen-bond donors (Lipinski definition) is 1. The van der Waals surface area contributed by atoms with Gasteiger partial charge < -0.3 is 10.6 Å². The topological polar surface area (TPSA) is 49.6 Å². The summed E-state index contributed by atoms with van der Waals surface area (Å²) >= 11 is 0. The SMILES string of the molecule is Cc1ccccc1-c1ccc(CN2CCN(CCC(N)=O)CC2)cc1. The third-order valence-corrected chi connectivity index (χ3v) is 4.96. The quantitative estimate of drug-likeness (QED) is 0.882. The number of amides is 1. The number of nitrogens with zero attached hydrogens (tertiary/aromatic N) is 2. The Morgan fingerprint density at radius 1 is 0.960 bits per heavy atom. The molecule has 2 N–H and O–H groups in total. The van der Waals surface area contributed by atoms with E-state index in [0.717, 1.165) is 39.3 Å². The van der Waals surface area contributed by atoms with Gasteiger partial charge in [0, 0.05) is 45.7 Å². The van der Waals surface area contributed by atoms with Crippen molar-refractivity contribution in [2.45, 2.75) is 19.9 Å². The number of nitrogens with two attached hydrogens (primary N) is 1. The smallest absolute Gasteiger partial charge is 0.218 e. The van der Waals surface area contributed by atoms with Gasteiger partial charge >= 0.3 is 0 Å². The Hall–Kier alpha value is -2.17. The molecule has 25 heavy (non-hydrogen) atoms. The second-order valence-corrected chi connectivity index (χ2v) is 6.85. The Morgan fingerprint density at radius 2 is 1.60 bits per heavy atom. The van der Waals surface area contributed by atoms with Crippen molar-refractivity contribution in [3.8, 4) is 11.1 Å². The van der Waals surface area contributed by atoms with Crippen molar-refractivity contribution >= 4 is 5.91 Å². The first-order valence-corrected chi connectivity index (χ1v) is 9.00. The van der Waals surface area contributed by atoms with Crippen LogP contribution in [0.1, 0.15) is 17.5 Å². The highest BCUT2D eigenvalue weighted by atomic mass is 16.1. The van der Waals surface area contributed by atoms with E-state index < -0.39 is 0 Å². The first kappa shape index (κ1) is 17.6. The lowest BCUT2D eigenvalue weighted by molar-refractivity contribution is -0.118. The fourth-order valence-corrected chi connectivity index (χ4v) is 3.38. The molecular formula is C21H27N3O. The highest BCUT2D eigenvalue weighted by Gasteiger charge is 2.17. The molecule has 4 heteroatoms. The number of aryl methyl sites for hydroxylation is 1. The summed E-state index contributed by atoms with van der Waals surface area (Å²) in [6, 6.07) is 17.4. The van der Waals surface area contributed by atoms with Crippen LogP contribution in [-0.4, -0.2) is 48.4 Å². The number of carbonyl (C=O) groups is 1. The van der Waals surface area contributed by atoms with Gasteiger partial charge in [-0.15, -0.1) is 0 Å². The number of hydrogen-bond acceptors (Lipinski definition) is 3. The summed E-state index contributed by atoms with van der Waals surface area (Å²) in [7, 11) is 0. The Labute approximate surface area is 150 Å². The highest BCUT2D eigenvalue weighted by molar-refractivity contribution is 5.73. The van der Waals surface area contributed by atoms with Crippen LogP contribution >= 0.6 is 0 Å². The maximum Gasteiger partial charge on any atom is 0.218 e. The van der Waals surface area contributed by atoms with Crippen molar-refractivity contribution in [3.63, 3.8) is 0 Å². The van der Waals surface area contributed by atoms with E-state index >= 15 is 0 Å². The lowest BCUT2D eigenvalue weighted by Gasteiger charge is -2.34. The molecule has 2 aromatic rings. The minimum absolute atomic E-state index is 0.212. The van der Waals surface area contributed by atoms with Crippen LogP contribution in [0.25, 0.3) is 11.1 Å². The van der Waals surface area contributed by atoms with Gasteiger partial charge in [-0.25, -0.2) is 0 Å². The Balaban J connectivity index is 1.53. The number of primary amides is 1. The van der Waals surface area contributed by atoms with Gasteiger partial charge in [0.15, 0.2) is 0 Å². The Kier molecular flexibility index (Phi) is 5.84. The molecule has 0 aromatic heterocycles. The molecule has 0 aliphatic carbocycles. The summed E-state index contributed by atoms with van der Waals surface area (Å²) in [5.74, 6) is -0.212. The molecule has 4 nitrogen and oxygen atoms in total. The van der Waals surface area contributed by atoms with E-state index in [1.54, 1.807) is 0 Å². The number of carbonyl (C=O) groups excluding carboxylic acids is 1. The van der Waals surface area contributed by atoms with Crippen molar-refractivity contribution in [1.82, 2.24) is 9.80 Å². The molecular weight excluding hydrogens is 310 g/mol. The number of piperazine rings is 1. The molecule has 132 valence electrons. The van der Waals surface area contributed by atoms with Crippen LogP contribution in [0.2, 0.25) is 0 Å². The Morgan fingerprint density at radius 3 is 2.24 bits per heavy atom. The molecule has 0 unspecified atom stereocenters. The van der Waals surface area contributed by atoms with Gasteiger partial charge in [-0.2, -0.15) is 0 Å². The van der Waals surface area contributed by atoms with Crippen LogP contribution in [0, 0.1) is 6.92 Å². The zero-order valence-corrected chi connectivity index (χ0v) is 14.9. The van der Waals surface area contributed by atoms with Crippen LogP contribution in [0.4, 0.5) is 0 Å². The van der Waals surface area contributed by atoms with E-state index in [1.165, 1.54) is 22.3 Å². The number of benzene rings is 2. The average molecular weight is 337 g/mol. The summed E-state index contributed by atoms with van der Waals surface area (Å²) in [5.41, 5.74) is 10.5. The van der Waals surface area contributed by atoms with Crippen LogP contribution < -0.4 is 5.73 Å². The Bertz CT molecular complexity index is 703. The zero-order valence-electron chi connectivity index (χ0n) is 14.9. The summed E-state index contributed by atoms with van der Waals surface area (Å²) in [4.78, 5) is 15.7. The molecule has 2 aromatic carbocycles. The zero-order chi connectivity index (χ0) is 17.6. The lowest BCUT2D eigenvalue weighted by Crippen LogP contribution is -2.46. The maximum atomic E-state index is 10.9. The van der Waals surface area contributed by atoms with Crippen LogP contribution in [0.3, 0.4) is 0 Å². The molecule has 0 atom stereocenters. The largest absolute Gasteiger partial charge is 0.370 e. The fourth-order valence-electron chi connectivity index (χ4n) is 3.38. The third kappa shape index (κ3) is 4.91. The van der Waals surface area contributed by atoms with Crippen molar-refractivity contribution < 1.29 is 4.79 Å². The molecule has 1 aliphatic heterocycles. The second kappa shape index (κ2) is 8.28. The molecule has 0 spiro atoms. The van der Waals surface area contributed by atoms with Crippen molar-refractivity contribution in [2.75, 3.05) is 32.7 Å². The van der Waals surface area contributed by atoms with E-state index in [2.05, 4.69) is 65.3 Å². The third-order valence-electron chi connectivity index (χ3n) is 4.96. The van der Waals surface area contributed by atoms with Gasteiger partial charge in [-0.05, 0) is 29.2 Å². The number of rotatable bonds is 6. The first-order valence-electron chi connectivity index (χ1n) is 9.00. The molecule has 0 bridgehead atoms. The van der Waals surface area contributed by atoms with E-state index in [0.29, 0.717) is 6.42 Å². The predicted octanol–water partition coefficient (Wildman–Crippen LogP) is 2.66. The summed E-state index contributed by atoms with van der Waals surface area (Å²) in [5, 5.41) is 0. The first-order chi connectivity index (χ1) is 12.1. The van der Waals surface area contributed by atoms with Crippen molar-refractivity contribution in [3.05, 3.63) is 59.7 Å². The van der Waals surface area contributed by atoms with Gasteiger partial charge in [0.2, 0.25) is 5.91 Å². The summed E-state index contributed by atoms with van der Waals surface area (Å²) < 4.78 is 0. The van der Waals surface area contributed by atoms with Crippen LogP contribution in [0.15, 0.2) is 48.5 Å². The monoisotopic (exact) mass is 337 g/mol. The summed E-state index contributed by atoms with van der Waals surface area (Å²) in [6.45, 7) is 8.02. The van der Waals surface area contributed by atoms with E-state index in [1.807, 2.05) is 0 Å². The maximum absolute atomic E-state index is 10.9.